The molecule has 106 valence electrons. The Morgan fingerprint density at radius 2 is 1.95 bits per heavy atom. The van der Waals surface area contributed by atoms with Crippen molar-refractivity contribution in [1.82, 2.24) is 4.98 Å². The topological polar surface area (TPSA) is 38.9 Å². The fraction of sp³-hybridized carbons (Fsp3) is 0.706. The summed E-state index contributed by atoms with van der Waals surface area (Å²) in [6.45, 7) is 9.09. The van der Waals surface area contributed by atoms with Crippen LogP contribution in [-0.4, -0.2) is 4.98 Å². The zero-order valence-electron chi connectivity index (χ0n) is 12.9. The molecule has 0 bridgehead atoms. The van der Waals surface area contributed by atoms with Crippen molar-refractivity contribution in [3.8, 4) is 0 Å². The summed E-state index contributed by atoms with van der Waals surface area (Å²) in [6.07, 6.45) is 7.92. The zero-order chi connectivity index (χ0) is 14.1. The number of aromatic nitrogens is 1. The summed E-state index contributed by atoms with van der Waals surface area (Å²) in [5, 5.41) is 0. The first-order valence-electron chi connectivity index (χ1n) is 7.53. The summed E-state index contributed by atoms with van der Waals surface area (Å²) in [6, 6.07) is 4.25. The van der Waals surface area contributed by atoms with Gasteiger partial charge in [-0.15, -0.1) is 0 Å². The van der Waals surface area contributed by atoms with Crippen molar-refractivity contribution in [1.29, 1.82) is 0 Å². The van der Waals surface area contributed by atoms with Crippen LogP contribution in [0.25, 0.3) is 0 Å². The van der Waals surface area contributed by atoms with Crippen molar-refractivity contribution in [2.24, 2.45) is 17.1 Å². The van der Waals surface area contributed by atoms with Gasteiger partial charge in [0.05, 0.1) is 0 Å². The lowest BCUT2D eigenvalue weighted by Gasteiger charge is -2.31. The average molecular weight is 260 g/mol. The van der Waals surface area contributed by atoms with Gasteiger partial charge in [-0.3, -0.25) is 4.98 Å². The highest BCUT2D eigenvalue weighted by Gasteiger charge is 2.34. The summed E-state index contributed by atoms with van der Waals surface area (Å²) in [5.74, 6) is 0.788. The molecule has 0 amide bonds. The Kier molecular flexibility index (Phi) is 4.00. The van der Waals surface area contributed by atoms with Crippen LogP contribution in [0.15, 0.2) is 18.3 Å². The monoisotopic (exact) mass is 260 g/mol. The molecule has 1 aliphatic rings. The Balaban J connectivity index is 2.15. The van der Waals surface area contributed by atoms with Gasteiger partial charge in [0.15, 0.2) is 0 Å². The molecule has 0 aromatic carbocycles. The van der Waals surface area contributed by atoms with Gasteiger partial charge in [-0.25, -0.2) is 0 Å². The average Bonchev–Trinajstić information content (AvgIpc) is 2.52. The van der Waals surface area contributed by atoms with Crippen LogP contribution < -0.4 is 5.73 Å². The number of hydrogen-bond donors (Lipinski definition) is 1. The highest BCUT2D eigenvalue weighted by molar-refractivity contribution is 5.22. The minimum absolute atomic E-state index is 0.166. The molecule has 0 radical (unpaired) electrons. The van der Waals surface area contributed by atoms with Crippen LogP contribution in [-0.2, 0) is 5.54 Å². The Morgan fingerprint density at radius 3 is 2.53 bits per heavy atom. The van der Waals surface area contributed by atoms with E-state index in [2.05, 4.69) is 37.9 Å². The van der Waals surface area contributed by atoms with Crippen molar-refractivity contribution in [2.75, 3.05) is 0 Å². The molecule has 2 N–H and O–H groups in total. The van der Waals surface area contributed by atoms with Crippen molar-refractivity contribution in [3.63, 3.8) is 0 Å². The van der Waals surface area contributed by atoms with Crippen LogP contribution in [0.2, 0.25) is 0 Å². The third-order valence-electron chi connectivity index (χ3n) is 4.83. The summed E-state index contributed by atoms with van der Waals surface area (Å²) in [5.41, 5.74) is 9.21. The molecule has 1 aromatic rings. The molecule has 0 spiro atoms. The van der Waals surface area contributed by atoms with Gasteiger partial charge in [0.25, 0.3) is 0 Å². The number of nitrogens with zero attached hydrogens (tertiary/aromatic N) is 1. The van der Waals surface area contributed by atoms with Gasteiger partial charge in [0.1, 0.15) is 0 Å². The van der Waals surface area contributed by atoms with Crippen molar-refractivity contribution in [2.45, 2.75) is 65.3 Å². The molecule has 2 atom stereocenters. The first-order chi connectivity index (χ1) is 8.81. The van der Waals surface area contributed by atoms with Crippen LogP contribution >= 0.6 is 0 Å². The van der Waals surface area contributed by atoms with Gasteiger partial charge in [-0.05, 0) is 55.6 Å². The van der Waals surface area contributed by atoms with Crippen LogP contribution in [0.4, 0.5) is 0 Å². The first kappa shape index (κ1) is 14.5. The SMILES string of the molecule is Cc1ccc(C2(N)CCCC(C(C)(C)C)CC2)cn1. The van der Waals surface area contributed by atoms with E-state index < -0.39 is 0 Å². The van der Waals surface area contributed by atoms with Gasteiger partial charge in [-0.2, -0.15) is 0 Å². The fourth-order valence-electron chi connectivity index (χ4n) is 3.28. The van der Waals surface area contributed by atoms with E-state index in [9.17, 15) is 0 Å². The fourth-order valence-corrected chi connectivity index (χ4v) is 3.28. The highest BCUT2D eigenvalue weighted by atomic mass is 14.8. The molecule has 1 aliphatic carbocycles. The lowest BCUT2D eigenvalue weighted by Crippen LogP contribution is -2.36. The first-order valence-corrected chi connectivity index (χ1v) is 7.53. The lowest BCUT2D eigenvalue weighted by atomic mass is 9.76. The highest BCUT2D eigenvalue weighted by Crippen LogP contribution is 2.42. The smallest absolute Gasteiger partial charge is 0.0425 e. The molecule has 2 unspecified atom stereocenters. The van der Waals surface area contributed by atoms with Crippen LogP contribution in [0.3, 0.4) is 0 Å². The predicted molar refractivity (Wildman–Crippen MR) is 80.9 cm³/mol. The molecular weight excluding hydrogens is 232 g/mol. The largest absolute Gasteiger partial charge is 0.321 e. The minimum atomic E-state index is -0.166. The van der Waals surface area contributed by atoms with Gasteiger partial charge < -0.3 is 5.73 Å². The maximum absolute atomic E-state index is 6.70. The van der Waals surface area contributed by atoms with E-state index in [-0.39, 0.29) is 5.54 Å². The molecule has 0 aliphatic heterocycles. The summed E-state index contributed by atoms with van der Waals surface area (Å²) >= 11 is 0. The summed E-state index contributed by atoms with van der Waals surface area (Å²) in [7, 11) is 0. The normalized spacial score (nSPS) is 29.0. The van der Waals surface area contributed by atoms with E-state index in [1.807, 2.05) is 13.1 Å². The third kappa shape index (κ3) is 3.36. The molecule has 19 heavy (non-hydrogen) atoms. The lowest BCUT2D eigenvalue weighted by molar-refractivity contribution is 0.211. The zero-order valence-corrected chi connectivity index (χ0v) is 12.9. The predicted octanol–water partition coefficient (Wildman–Crippen LogP) is 4.17. The molecule has 2 nitrogen and oxygen atoms in total. The molecular formula is C17H28N2. The Hall–Kier alpha value is -0.890. The van der Waals surface area contributed by atoms with Gasteiger partial charge >= 0.3 is 0 Å². The van der Waals surface area contributed by atoms with Crippen LogP contribution in [0.5, 0.6) is 0 Å². The number of hydrogen-bond acceptors (Lipinski definition) is 2. The molecule has 2 rings (SSSR count). The van der Waals surface area contributed by atoms with Crippen LogP contribution in [0, 0.1) is 18.3 Å². The maximum Gasteiger partial charge on any atom is 0.0425 e. The third-order valence-corrected chi connectivity index (χ3v) is 4.83. The van der Waals surface area contributed by atoms with Gasteiger partial charge in [-0.1, -0.05) is 33.3 Å². The second-order valence-electron chi connectivity index (χ2n) is 7.34. The van der Waals surface area contributed by atoms with Gasteiger partial charge in [0, 0.05) is 17.4 Å². The Bertz CT molecular complexity index is 416. The summed E-state index contributed by atoms with van der Waals surface area (Å²) < 4.78 is 0. The molecule has 1 aromatic heterocycles. The van der Waals surface area contributed by atoms with Gasteiger partial charge in [0.2, 0.25) is 0 Å². The molecule has 1 fully saturated rings. The quantitative estimate of drug-likeness (QED) is 0.770. The number of nitrogens with two attached hydrogens (primary N) is 1. The Labute approximate surface area is 117 Å². The number of aryl methyl sites for hydroxylation is 1. The van der Waals surface area contributed by atoms with E-state index in [4.69, 9.17) is 5.73 Å². The van der Waals surface area contributed by atoms with Crippen molar-refractivity contribution in [3.05, 3.63) is 29.6 Å². The number of rotatable bonds is 1. The summed E-state index contributed by atoms with van der Waals surface area (Å²) in [4.78, 5) is 4.42. The second kappa shape index (κ2) is 5.24. The minimum Gasteiger partial charge on any atom is -0.321 e. The van der Waals surface area contributed by atoms with Crippen LogP contribution in [0.1, 0.15) is 64.1 Å². The molecule has 2 heteroatoms. The van der Waals surface area contributed by atoms with E-state index in [1.165, 1.54) is 24.8 Å². The van der Waals surface area contributed by atoms with E-state index in [1.54, 1.807) is 0 Å². The van der Waals surface area contributed by atoms with Crippen molar-refractivity contribution >= 4 is 0 Å². The molecule has 0 saturated heterocycles. The molecule has 1 saturated carbocycles. The van der Waals surface area contributed by atoms with E-state index in [0.29, 0.717) is 5.41 Å². The Morgan fingerprint density at radius 1 is 1.21 bits per heavy atom. The maximum atomic E-state index is 6.70. The standard InChI is InChI=1S/C17H28N2/c1-13-7-8-15(12-19-13)17(18)10-5-6-14(9-11-17)16(2,3)4/h7-8,12,14H,5-6,9-11,18H2,1-4H3. The second-order valence-corrected chi connectivity index (χ2v) is 7.34. The van der Waals surface area contributed by atoms with E-state index >= 15 is 0 Å². The van der Waals surface area contributed by atoms with E-state index in [0.717, 1.165) is 24.5 Å². The number of pyridine rings is 1. The molecule has 1 heterocycles. The van der Waals surface area contributed by atoms with Crippen molar-refractivity contribution < 1.29 is 0 Å².